The standard InChI is InChI=1S/C22H22BrFN2S2/c1-27-21-3-2-18(24)10-17(21)14-26-8-5-19(6-9-26)28-22-12-15-4-7-25-13-16(15)11-20(22)23/h2-4,7,10-13,19H,5-6,8-9,14H2,1H3. The van der Waals surface area contributed by atoms with Gasteiger partial charge in [0.2, 0.25) is 0 Å². The highest BCUT2D eigenvalue weighted by atomic mass is 79.9. The number of pyridine rings is 1. The van der Waals surface area contributed by atoms with Crippen molar-refractivity contribution in [1.82, 2.24) is 9.88 Å². The molecule has 0 atom stereocenters. The number of rotatable bonds is 5. The second-order valence-electron chi connectivity index (χ2n) is 7.05. The number of hydrogen-bond acceptors (Lipinski definition) is 4. The molecule has 2 heterocycles. The molecule has 4 rings (SSSR count). The molecule has 2 nitrogen and oxygen atoms in total. The predicted molar refractivity (Wildman–Crippen MR) is 122 cm³/mol. The molecule has 0 spiro atoms. The summed E-state index contributed by atoms with van der Waals surface area (Å²) in [5.41, 5.74) is 1.10. The van der Waals surface area contributed by atoms with Crippen LogP contribution < -0.4 is 0 Å². The second-order valence-corrected chi connectivity index (χ2v) is 10.1. The smallest absolute Gasteiger partial charge is 0.123 e. The molecule has 3 aromatic rings. The van der Waals surface area contributed by atoms with E-state index in [0.717, 1.165) is 47.9 Å². The molecule has 0 amide bonds. The van der Waals surface area contributed by atoms with Gasteiger partial charge in [-0.3, -0.25) is 9.88 Å². The Hall–Kier alpha value is -1.08. The molecular formula is C22H22BrFN2S2. The monoisotopic (exact) mass is 476 g/mol. The van der Waals surface area contributed by atoms with E-state index in [-0.39, 0.29) is 5.82 Å². The van der Waals surface area contributed by atoms with Crippen LogP contribution in [0.4, 0.5) is 4.39 Å². The van der Waals surface area contributed by atoms with E-state index in [2.05, 4.69) is 50.3 Å². The molecule has 1 aliphatic heterocycles. The Morgan fingerprint density at radius 3 is 2.71 bits per heavy atom. The van der Waals surface area contributed by atoms with Crippen molar-refractivity contribution in [2.75, 3.05) is 19.3 Å². The van der Waals surface area contributed by atoms with Crippen molar-refractivity contribution in [3.8, 4) is 0 Å². The molecular weight excluding hydrogens is 455 g/mol. The zero-order valence-electron chi connectivity index (χ0n) is 15.7. The van der Waals surface area contributed by atoms with Gasteiger partial charge in [-0.05, 0) is 95.5 Å². The highest BCUT2D eigenvalue weighted by molar-refractivity contribution is 9.10. The van der Waals surface area contributed by atoms with Gasteiger partial charge in [-0.15, -0.1) is 23.5 Å². The van der Waals surface area contributed by atoms with Gasteiger partial charge in [-0.1, -0.05) is 0 Å². The lowest BCUT2D eigenvalue weighted by molar-refractivity contribution is 0.223. The topological polar surface area (TPSA) is 16.1 Å². The highest BCUT2D eigenvalue weighted by Crippen LogP contribution is 2.37. The van der Waals surface area contributed by atoms with Crippen molar-refractivity contribution < 1.29 is 4.39 Å². The minimum absolute atomic E-state index is 0.144. The lowest BCUT2D eigenvalue weighted by Crippen LogP contribution is -2.34. The van der Waals surface area contributed by atoms with Crippen LogP contribution >= 0.6 is 39.5 Å². The van der Waals surface area contributed by atoms with Crippen LogP contribution in [0.3, 0.4) is 0 Å². The van der Waals surface area contributed by atoms with Crippen LogP contribution in [0, 0.1) is 5.82 Å². The zero-order valence-corrected chi connectivity index (χ0v) is 18.9. The third-order valence-electron chi connectivity index (χ3n) is 5.16. The second kappa shape index (κ2) is 9.16. The first-order chi connectivity index (χ1) is 13.6. The summed E-state index contributed by atoms with van der Waals surface area (Å²) in [5, 5.41) is 3.00. The molecule has 2 aromatic carbocycles. The SMILES string of the molecule is CSc1ccc(F)cc1CN1CCC(Sc2cc3ccncc3cc2Br)CC1. The van der Waals surface area contributed by atoms with Gasteiger partial charge in [0, 0.05) is 43.8 Å². The van der Waals surface area contributed by atoms with Crippen LogP contribution in [0.2, 0.25) is 0 Å². The maximum Gasteiger partial charge on any atom is 0.123 e. The van der Waals surface area contributed by atoms with E-state index >= 15 is 0 Å². The van der Waals surface area contributed by atoms with Gasteiger partial charge in [-0.25, -0.2) is 4.39 Å². The summed E-state index contributed by atoms with van der Waals surface area (Å²) in [7, 11) is 0. The number of fused-ring (bicyclic) bond motifs is 1. The minimum atomic E-state index is -0.144. The first-order valence-electron chi connectivity index (χ1n) is 9.37. The average molecular weight is 477 g/mol. The van der Waals surface area contributed by atoms with Crippen LogP contribution in [-0.4, -0.2) is 34.5 Å². The van der Waals surface area contributed by atoms with Gasteiger partial charge < -0.3 is 0 Å². The Morgan fingerprint density at radius 1 is 1.11 bits per heavy atom. The molecule has 6 heteroatoms. The largest absolute Gasteiger partial charge is 0.299 e. The maximum absolute atomic E-state index is 13.7. The van der Waals surface area contributed by atoms with Gasteiger partial charge in [-0.2, -0.15) is 0 Å². The first-order valence-corrected chi connectivity index (χ1v) is 12.3. The molecule has 146 valence electrons. The summed E-state index contributed by atoms with van der Waals surface area (Å²) < 4.78 is 14.8. The third kappa shape index (κ3) is 4.73. The molecule has 0 aliphatic carbocycles. The fourth-order valence-corrected chi connectivity index (χ4v) is 6.06. The van der Waals surface area contributed by atoms with E-state index in [0.29, 0.717) is 5.25 Å². The van der Waals surface area contributed by atoms with E-state index in [4.69, 9.17) is 0 Å². The number of aromatic nitrogens is 1. The normalized spacial score (nSPS) is 16.0. The number of nitrogens with zero attached hydrogens (tertiary/aromatic N) is 2. The van der Waals surface area contributed by atoms with Crippen LogP contribution in [0.25, 0.3) is 10.8 Å². The molecule has 0 bridgehead atoms. The van der Waals surface area contributed by atoms with Crippen molar-refractivity contribution in [2.24, 2.45) is 0 Å². The van der Waals surface area contributed by atoms with Crippen molar-refractivity contribution in [2.45, 2.75) is 34.4 Å². The van der Waals surface area contributed by atoms with Crippen LogP contribution in [0.5, 0.6) is 0 Å². The number of halogens is 2. The van der Waals surface area contributed by atoms with Crippen molar-refractivity contribution in [3.63, 3.8) is 0 Å². The van der Waals surface area contributed by atoms with Crippen molar-refractivity contribution in [3.05, 3.63) is 64.6 Å². The van der Waals surface area contributed by atoms with E-state index in [9.17, 15) is 4.39 Å². The van der Waals surface area contributed by atoms with E-state index in [1.165, 1.54) is 15.2 Å². The van der Waals surface area contributed by atoms with Gasteiger partial charge in [0.1, 0.15) is 5.82 Å². The number of thioether (sulfide) groups is 2. The summed E-state index contributed by atoms with van der Waals surface area (Å²) in [6.45, 7) is 2.94. The molecule has 0 saturated carbocycles. The summed E-state index contributed by atoms with van der Waals surface area (Å²) in [6, 6.07) is 11.6. The molecule has 0 unspecified atom stereocenters. The Balaban J connectivity index is 1.38. The molecule has 1 aliphatic rings. The van der Waals surface area contributed by atoms with Crippen LogP contribution in [0.15, 0.2) is 63.1 Å². The van der Waals surface area contributed by atoms with Crippen molar-refractivity contribution in [1.29, 1.82) is 0 Å². The quantitative estimate of drug-likeness (QED) is 0.384. The van der Waals surface area contributed by atoms with Gasteiger partial charge in [0.05, 0.1) is 0 Å². The number of likely N-dealkylation sites (tertiary alicyclic amines) is 1. The lowest BCUT2D eigenvalue weighted by Gasteiger charge is -2.32. The summed E-state index contributed by atoms with van der Waals surface area (Å²) in [6.07, 6.45) is 8.10. The molecule has 1 fully saturated rings. The lowest BCUT2D eigenvalue weighted by atomic mass is 10.1. The van der Waals surface area contributed by atoms with Crippen LogP contribution in [0.1, 0.15) is 18.4 Å². The highest BCUT2D eigenvalue weighted by Gasteiger charge is 2.22. The van der Waals surface area contributed by atoms with Gasteiger partial charge in [0.25, 0.3) is 0 Å². The fourth-order valence-electron chi connectivity index (χ4n) is 3.65. The Morgan fingerprint density at radius 2 is 1.93 bits per heavy atom. The Kier molecular flexibility index (Phi) is 6.61. The number of hydrogen-bond donors (Lipinski definition) is 0. The Labute approximate surface area is 182 Å². The fraction of sp³-hybridized carbons (Fsp3) is 0.318. The van der Waals surface area contributed by atoms with E-state index < -0.39 is 0 Å². The molecule has 0 N–H and O–H groups in total. The Bertz CT molecular complexity index is 974. The van der Waals surface area contributed by atoms with E-state index in [1.54, 1.807) is 23.9 Å². The number of piperidine rings is 1. The molecule has 1 aromatic heterocycles. The predicted octanol–water partition coefficient (Wildman–Crippen LogP) is 6.62. The van der Waals surface area contributed by atoms with Gasteiger partial charge in [0.15, 0.2) is 0 Å². The maximum atomic E-state index is 13.7. The zero-order chi connectivity index (χ0) is 19.5. The third-order valence-corrected chi connectivity index (χ3v) is 8.31. The number of benzene rings is 2. The molecule has 28 heavy (non-hydrogen) atoms. The summed E-state index contributed by atoms with van der Waals surface area (Å²) in [4.78, 5) is 9.12. The molecule has 1 saturated heterocycles. The summed E-state index contributed by atoms with van der Waals surface area (Å²) >= 11 is 7.38. The van der Waals surface area contributed by atoms with Crippen molar-refractivity contribution >= 4 is 50.2 Å². The van der Waals surface area contributed by atoms with Gasteiger partial charge >= 0.3 is 0 Å². The minimum Gasteiger partial charge on any atom is -0.299 e. The molecule has 0 radical (unpaired) electrons. The van der Waals surface area contributed by atoms with Crippen LogP contribution in [-0.2, 0) is 6.54 Å². The van der Waals surface area contributed by atoms with E-state index in [1.807, 2.05) is 30.2 Å². The average Bonchev–Trinajstić information content (AvgIpc) is 2.70. The summed E-state index contributed by atoms with van der Waals surface area (Å²) in [5.74, 6) is -0.144. The first kappa shape index (κ1) is 20.2.